The van der Waals surface area contributed by atoms with Gasteiger partial charge in [-0.15, -0.1) is 0 Å². The van der Waals surface area contributed by atoms with Crippen LogP contribution in [0.2, 0.25) is 0 Å². The summed E-state index contributed by atoms with van der Waals surface area (Å²) in [5, 5.41) is 3.26. The van der Waals surface area contributed by atoms with Crippen LogP contribution in [0.25, 0.3) is 0 Å². The maximum atomic E-state index is 5.90. The second-order valence-corrected chi connectivity index (χ2v) is 4.27. The van der Waals surface area contributed by atoms with Gasteiger partial charge in [0.1, 0.15) is 5.69 Å². The van der Waals surface area contributed by atoms with E-state index in [0.717, 1.165) is 12.1 Å². The molecule has 0 aliphatic rings. The van der Waals surface area contributed by atoms with Gasteiger partial charge in [-0.3, -0.25) is 4.98 Å². The Hall–Kier alpha value is -1.20. The van der Waals surface area contributed by atoms with Crippen molar-refractivity contribution in [2.75, 3.05) is 20.8 Å². The number of hydrogen-bond acceptors (Lipinski definition) is 5. The van der Waals surface area contributed by atoms with Crippen LogP contribution in [0.3, 0.4) is 0 Å². The smallest absolute Gasteiger partial charge is 0.237 e. The first-order valence-corrected chi connectivity index (χ1v) is 6.29. The molecule has 0 spiro atoms. The summed E-state index contributed by atoms with van der Waals surface area (Å²) in [6, 6.07) is -0.0638. The summed E-state index contributed by atoms with van der Waals surface area (Å²) in [4.78, 5) is 8.58. The van der Waals surface area contributed by atoms with Crippen LogP contribution < -0.4 is 10.1 Å². The van der Waals surface area contributed by atoms with Gasteiger partial charge in [-0.25, -0.2) is 4.98 Å². The van der Waals surface area contributed by atoms with E-state index < -0.39 is 0 Å². The van der Waals surface area contributed by atoms with Crippen molar-refractivity contribution in [2.24, 2.45) is 0 Å². The van der Waals surface area contributed by atoms with Crippen LogP contribution in [0.15, 0.2) is 12.4 Å². The van der Waals surface area contributed by atoms with Gasteiger partial charge < -0.3 is 14.8 Å². The van der Waals surface area contributed by atoms with Gasteiger partial charge in [-0.1, -0.05) is 6.92 Å². The minimum absolute atomic E-state index is 0.0638. The molecule has 0 aliphatic carbocycles. The minimum atomic E-state index is -0.340. The van der Waals surface area contributed by atoms with Gasteiger partial charge in [0.2, 0.25) is 5.88 Å². The highest BCUT2D eigenvalue weighted by Crippen LogP contribution is 2.34. The number of likely N-dealkylation sites (N-methyl/N-ethyl adjacent to an activating group) is 1. The number of nitrogens with zero attached hydrogens (tertiary/aromatic N) is 2. The van der Waals surface area contributed by atoms with Crippen molar-refractivity contribution in [3.05, 3.63) is 18.1 Å². The highest BCUT2D eigenvalue weighted by molar-refractivity contribution is 5.24. The predicted octanol–water partition coefficient (Wildman–Crippen LogP) is 1.95. The molecule has 1 N–H and O–H groups in total. The first-order chi connectivity index (χ1) is 8.62. The molecule has 1 rings (SSSR count). The number of nitrogens with one attached hydrogen (secondary N) is 1. The van der Waals surface area contributed by atoms with E-state index in [-0.39, 0.29) is 11.6 Å². The molecule has 1 aromatic heterocycles. The Morgan fingerprint density at radius 2 is 2.00 bits per heavy atom. The van der Waals surface area contributed by atoms with Gasteiger partial charge >= 0.3 is 0 Å². The highest BCUT2D eigenvalue weighted by Gasteiger charge is 2.36. The van der Waals surface area contributed by atoms with E-state index in [4.69, 9.17) is 9.47 Å². The quantitative estimate of drug-likeness (QED) is 0.805. The molecule has 0 bridgehead atoms. The van der Waals surface area contributed by atoms with E-state index >= 15 is 0 Å². The maximum Gasteiger partial charge on any atom is 0.237 e. The molecule has 0 fully saturated rings. The molecule has 2 unspecified atom stereocenters. The molecular weight excluding hydrogens is 230 g/mol. The van der Waals surface area contributed by atoms with Crippen molar-refractivity contribution in [2.45, 2.75) is 38.8 Å². The Labute approximate surface area is 109 Å². The molecule has 0 aromatic carbocycles. The molecule has 1 aromatic rings. The molecule has 1 heterocycles. The average Bonchev–Trinajstić information content (AvgIpc) is 2.40. The number of rotatable bonds is 7. The molecule has 0 radical (unpaired) electrons. The van der Waals surface area contributed by atoms with Crippen LogP contribution >= 0.6 is 0 Å². The summed E-state index contributed by atoms with van der Waals surface area (Å²) in [7, 11) is 3.50. The van der Waals surface area contributed by atoms with E-state index in [1.54, 1.807) is 19.5 Å². The summed E-state index contributed by atoms with van der Waals surface area (Å²) in [5.74, 6) is 0.538. The first-order valence-electron chi connectivity index (χ1n) is 6.29. The molecule has 102 valence electrons. The van der Waals surface area contributed by atoms with Gasteiger partial charge in [0.05, 0.1) is 18.8 Å². The molecular formula is C13H23N3O2. The molecule has 18 heavy (non-hydrogen) atoms. The van der Waals surface area contributed by atoms with E-state index in [1.807, 2.05) is 14.0 Å². The molecule has 2 atom stereocenters. The standard InChI is InChI=1S/C13H23N3O2/c1-6-13(3,18-7-2)11(14-4)10-12(17-5)16-9-8-15-10/h8-9,11,14H,6-7H2,1-5H3. The highest BCUT2D eigenvalue weighted by atomic mass is 16.5. The fourth-order valence-corrected chi connectivity index (χ4v) is 2.14. The SMILES string of the molecule is CCOC(C)(CC)C(NC)c1nccnc1OC. The van der Waals surface area contributed by atoms with E-state index in [2.05, 4.69) is 29.1 Å². The second kappa shape index (κ2) is 6.66. The second-order valence-electron chi connectivity index (χ2n) is 4.27. The maximum absolute atomic E-state index is 5.90. The summed E-state index contributed by atoms with van der Waals surface area (Å²) in [5.41, 5.74) is 0.438. The lowest BCUT2D eigenvalue weighted by molar-refractivity contribution is -0.0562. The molecule has 0 amide bonds. The third-order valence-corrected chi connectivity index (χ3v) is 3.23. The number of ether oxygens (including phenoxy) is 2. The Morgan fingerprint density at radius 3 is 2.50 bits per heavy atom. The first kappa shape index (κ1) is 14.9. The van der Waals surface area contributed by atoms with Crippen LogP contribution in [0.4, 0.5) is 0 Å². The van der Waals surface area contributed by atoms with Crippen molar-refractivity contribution in [3.63, 3.8) is 0 Å². The Bertz CT molecular complexity index is 373. The van der Waals surface area contributed by atoms with Crippen LogP contribution in [0.5, 0.6) is 5.88 Å². The van der Waals surface area contributed by atoms with Crippen molar-refractivity contribution in [1.29, 1.82) is 0 Å². The molecule has 0 aliphatic heterocycles. The average molecular weight is 253 g/mol. The third-order valence-electron chi connectivity index (χ3n) is 3.23. The zero-order valence-corrected chi connectivity index (χ0v) is 11.9. The lowest BCUT2D eigenvalue weighted by Gasteiger charge is -2.36. The third kappa shape index (κ3) is 2.97. The van der Waals surface area contributed by atoms with Gasteiger partial charge in [-0.2, -0.15) is 0 Å². The Kier molecular flexibility index (Phi) is 5.50. The molecule has 5 nitrogen and oxygen atoms in total. The summed E-state index contributed by atoms with van der Waals surface area (Å²) in [6.07, 6.45) is 4.16. The summed E-state index contributed by atoms with van der Waals surface area (Å²) in [6.45, 7) is 6.83. The van der Waals surface area contributed by atoms with Gasteiger partial charge in [0, 0.05) is 19.0 Å². The van der Waals surface area contributed by atoms with Crippen molar-refractivity contribution < 1.29 is 9.47 Å². The number of hydrogen-bond donors (Lipinski definition) is 1. The van der Waals surface area contributed by atoms with Gasteiger partial charge in [0.15, 0.2) is 0 Å². The van der Waals surface area contributed by atoms with E-state index in [1.165, 1.54) is 0 Å². The van der Waals surface area contributed by atoms with Crippen molar-refractivity contribution in [3.8, 4) is 5.88 Å². The molecule has 5 heteroatoms. The lowest BCUT2D eigenvalue weighted by Crippen LogP contribution is -2.43. The summed E-state index contributed by atoms with van der Waals surface area (Å²) < 4.78 is 11.2. The lowest BCUT2D eigenvalue weighted by atomic mass is 9.90. The molecule has 0 saturated heterocycles. The van der Waals surface area contributed by atoms with Crippen molar-refractivity contribution in [1.82, 2.24) is 15.3 Å². The van der Waals surface area contributed by atoms with Crippen LogP contribution in [0, 0.1) is 0 Å². The predicted molar refractivity (Wildman–Crippen MR) is 70.7 cm³/mol. The summed E-state index contributed by atoms with van der Waals surface area (Å²) >= 11 is 0. The van der Waals surface area contributed by atoms with Crippen LogP contribution in [-0.4, -0.2) is 36.3 Å². The van der Waals surface area contributed by atoms with Crippen molar-refractivity contribution >= 4 is 0 Å². The van der Waals surface area contributed by atoms with Crippen LogP contribution in [-0.2, 0) is 4.74 Å². The van der Waals surface area contributed by atoms with Gasteiger partial charge in [-0.05, 0) is 27.3 Å². The topological polar surface area (TPSA) is 56.3 Å². The Morgan fingerprint density at radius 1 is 1.33 bits per heavy atom. The minimum Gasteiger partial charge on any atom is -0.480 e. The number of methoxy groups -OCH3 is 1. The van der Waals surface area contributed by atoms with E-state index in [0.29, 0.717) is 12.5 Å². The number of aromatic nitrogens is 2. The zero-order valence-electron chi connectivity index (χ0n) is 11.9. The van der Waals surface area contributed by atoms with E-state index in [9.17, 15) is 0 Å². The zero-order chi connectivity index (χ0) is 13.6. The normalized spacial score (nSPS) is 16.1. The fraction of sp³-hybridized carbons (Fsp3) is 0.692. The fourth-order valence-electron chi connectivity index (χ4n) is 2.14. The van der Waals surface area contributed by atoms with Crippen LogP contribution in [0.1, 0.15) is 38.9 Å². The molecule has 0 saturated carbocycles. The largest absolute Gasteiger partial charge is 0.480 e. The van der Waals surface area contributed by atoms with Gasteiger partial charge in [0.25, 0.3) is 0 Å². The monoisotopic (exact) mass is 253 g/mol. The Balaban J connectivity index is 3.15.